The number of methoxy groups -OCH3 is 1. The second-order valence-corrected chi connectivity index (χ2v) is 4.79. The number of carbonyl (C=O) groups is 1. The third-order valence-corrected chi connectivity index (χ3v) is 3.14. The van der Waals surface area contributed by atoms with Gasteiger partial charge in [0.05, 0.1) is 6.61 Å². The van der Waals surface area contributed by atoms with Crippen LogP contribution in [0.5, 0.6) is 0 Å². The molecule has 2 aromatic rings. The van der Waals surface area contributed by atoms with Crippen LogP contribution >= 0.6 is 0 Å². The van der Waals surface area contributed by atoms with E-state index >= 15 is 0 Å². The number of carbonyl (C=O) groups excluding carboxylic acids is 1. The van der Waals surface area contributed by atoms with E-state index in [-0.39, 0.29) is 11.9 Å². The van der Waals surface area contributed by atoms with Crippen molar-refractivity contribution in [2.75, 3.05) is 13.7 Å². The van der Waals surface area contributed by atoms with E-state index in [0.717, 1.165) is 17.7 Å². The van der Waals surface area contributed by atoms with Gasteiger partial charge in [0.25, 0.3) is 0 Å². The molecule has 5 nitrogen and oxygen atoms in total. The quantitative estimate of drug-likeness (QED) is 0.799. The summed E-state index contributed by atoms with van der Waals surface area (Å²) in [5.41, 5.74) is 0.868. The van der Waals surface area contributed by atoms with Gasteiger partial charge in [-0.2, -0.15) is 0 Å². The molecule has 0 aliphatic carbocycles. The van der Waals surface area contributed by atoms with E-state index in [9.17, 15) is 4.79 Å². The Balaban J connectivity index is 2.01. The van der Waals surface area contributed by atoms with E-state index in [0.29, 0.717) is 12.4 Å². The molecule has 0 radical (unpaired) electrons. The summed E-state index contributed by atoms with van der Waals surface area (Å²) in [5.74, 6) is 1.37. The van der Waals surface area contributed by atoms with Gasteiger partial charge >= 0.3 is 0 Å². The van der Waals surface area contributed by atoms with Crippen LogP contribution in [0.3, 0.4) is 0 Å². The Morgan fingerprint density at radius 3 is 2.95 bits per heavy atom. The molecule has 1 amide bonds. The normalized spacial score (nSPS) is 12.5. The number of hydrogen-bond acceptors (Lipinski definition) is 4. The molecule has 2 heterocycles. The Morgan fingerprint density at radius 1 is 1.45 bits per heavy atom. The molecule has 0 aliphatic rings. The molecule has 0 bridgehead atoms. The lowest BCUT2D eigenvalue weighted by atomic mass is 10.2. The number of nitrogens with zero attached hydrogens (tertiary/aromatic N) is 1. The number of ether oxygens (including phenoxy) is 1. The molecule has 22 heavy (non-hydrogen) atoms. The van der Waals surface area contributed by atoms with E-state index in [4.69, 9.17) is 9.15 Å². The first kappa shape index (κ1) is 16.0. The van der Waals surface area contributed by atoms with Crippen molar-refractivity contribution in [2.24, 2.45) is 0 Å². The minimum atomic E-state index is -0.309. The van der Waals surface area contributed by atoms with Crippen molar-refractivity contribution in [3.05, 3.63) is 59.8 Å². The Morgan fingerprint density at radius 2 is 2.32 bits per heavy atom. The molecule has 2 rings (SSSR count). The third kappa shape index (κ3) is 4.56. The lowest BCUT2D eigenvalue weighted by Gasteiger charge is -2.14. The van der Waals surface area contributed by atoms with Crippen LogP contribution in [0.25, 0.3) is 6.08 Å². The summed E-state index contributed by atoms with van der Waals surface area (Å²) in [6.45, 7) is 2.37. The van der Waals surface area contributed by atoms with Crippen molar-refractivity contribution in [2.45, 2.75) is 19.4 Å². The summed E-state index contributed by atoms with van der Waals surface area (Å²) in [6, 6.07) is 7.17. The molecule has 0 spiro atoms. The minimum absolute atomic E-state index is 0.208. The number of amides is 1. The summed E-state index contributed by atoms with van der Waals surface area (Å²) in [7, 11) is 1.59. The molecule has 0 aliphatic heterocycles. The molecular weight excluding hydrogens is 280 g/mol. The standard InChI is InChI=1S/C17H20N2O3/c1-3-14-7-8-16(22-14)15(12-21-2)19-17(20)9-6-13-5-4-10-18-11-13/h4-11,15H,3,12H2,1-2H3,(H,19,20). The topological polar surface area (TPSA) is 64.4 Å². The number of aromatic nitrogens is 1. The van der Waals surface area contributed by atoms with Gasteiger partial charge in [-0.1, -0.05) is 13.0 Å². The Bertz CT molecular complexity index is 620. The number of aryl methyl sites for hydroxylation is 1. The lowest BCUT2D eigenvalue weighted by Crippen LogP contribution is -2.29. The predicted molar refractivity (Wildman–Crippen MR) is 84.1 cm³/mol. The zero-order valence-corrected chi connectivity index (χ0v) is 12.8. The second-order valence-electron chi connectivity index (χ2n) is 4.79. The largest absolute Gasteiger partial charge is 0.464 e. The molecule has 0 aromatic carbocycles. The van der Waals surface area contributed by atoms with E-state index in [2.05, 4.69) is 10.3 Å². The van der Waals surface area contributed by atoms with Crippen molar-refractivity contribution in [3.63, 3.8) is 0 Å². The third-order valence-electron chi connectivity index (χ3n) is 3.14. The van der Waals surface area contributed by atoms with Gasteiger partial charge in [-0.3, -0.25) is 9.78 Å². The molecule has 1 N–H and O–H groups in total. The predicted octanol–water partition coefficient (Wildman–Crippen LogP) is 2.75. The van der Waals surface area contributed by atoms with E-state index in [1.54, 1.807) is 25.6 Å². The number of rotatable bonds is 7. The smallest absolute Gasteiger partial charge is 0.244 e. The van der Waals surface area contributed by atoms with Crippen LogP contribution < -0.4 is 5.32 Å². The molecule has 0 saturated heterocycles. The van der Waals surface area contributed by atoms with Crippen molar-refractivity contribution in [1.82, 2.24) is 10.3 Å². The maximum atomic E-state index is 12.0. The van der Waals surface area contributed by atoms with Crippen LogP contribution in [0.4, 0.5) is 0 Å². The average Bonchev–Trinajstić information content (AvgIpc) is 3.02. The van der Waals surface area contributed by atoms with Gasteiger partial charge in [0.2, 0.25) is 5.91 Å². The van der Waals surface area contributed by atoms with Crippen LogP contribution in [0.1, 0.15) is 30.0 Å². The van der Waals surface area contributed by atoms with Crippen LogP contribution in [-0.2, 0) is 16.0 Å². The molecule has 1 unspecified atom stereocenters. The SMILES string of the molecule is CCc1ccc(C(COC)NC(=O)C=Cc2cccnc2)o1. The monoisotopic (exact) mass is 300 g/mol. The highest BCUT2D eigenvalue weighted by Crippen LogP contribution is 2.17. The highest BCUT2D eigenvalue weighted by atomic mass is 16.5. The van der Waals surface area contributed by atoms with Crippen molar-refractivity contribution < 1.29 is 13.9 Å². The average molecular weight is 300 g/mol. The molecule has 116 valence electrons. The van der Waals surface area contributed by atoms with Crippen molar-refractivity contribution in [3.8, 4) is 0 Å². The van der Waals surface area contributed by atoms with E-state index in [1.165, 1.54) is 6.08 Å². The van der Waals surface area contributed by atoms with Crippen LogP contribution in [-0.4, -0.2) is 24.6 Å². The highest BCUT2D eigenvalue weighted by Gasteiger charge is 2.17. The van der Waals surface area contributed by atoms with Crippen LogP contribution in [0, 0.1) is 0 Å². The zero-order chi connectivity index (χ0) is 15.8. The Hall–Kier alpha value is -2.40. The Labute approximate surface area is 130 Å². The van der Waals surface area contributed by atoms with Gasteiger partial charge < -0.3 is 14.5 Å². The first-order valence-corrected chi connectivity index (χ1v) is 7.19. The molecular formula is C17H20N2O3. The van der Waals surface area contributed by atoms with Gasteiger partial charge in [0, 0.05) is 32.0 Å². The first-order chi connectivity index (χ1) is 10.7. The van der Waals surface area contributed by atoms with Gasteiger partial charge in [-0.05, 0) is 29.8 Å². The maximum Gasteiger partial charge on any atom is 0.244 e. The minimum Gasteiger partial charge on any atom is -0.464 e. The van der Waals surface area contributed by atoms with Gasteiger partial charge in [0.1, 0.15) is 17.6 Å². The summed E-state index contributed by atoms with van der Waals surface area (Å²) in [6.07, 6.45) is 7.38. The summed E-state index contributed by atoms with van der Waals surface area (Å²) in [5, 5.41) is 2.88. The zero-order valence-electron chi connectivity index (χ0n) is 12.8. The number of nitrogens with one attached hydrogen (secondary N) is 1. The highest BCUT2D eigenvalue weighted by molar-refractivity contribution is 5.91. The van der Waals surface area contributed by atoms with E-state index < -0.39 is 0 Å². The van der Waals surface area contributed by atoms with Crippen LogP contribution in [0.15, 0.2) is 47.2 Å². The van der Waals surface area contributed by atoms with Gasteiger partial charge in [-0.25, -0.2) is 0 Å². The maximum absolute atomic E-state index is 12.0. The lowest BCUT2D eigenvalue weighted by molar-refractivity contribution is -0.117. The van der Waals surface area contributed by atoms with Gasteiger partial charge in [-0.15, -0.1) is 0 Å². The fraction of sp³-hybridized carbons (Fsp3) is 0.294. The molecule has 0 saturated carbocycles. The summed E-state index contributed by atoms with van der Waals surface area (Å²) >= 11 is 0. The number of pyridine rings is 1. The van der Waals surface area contributed by atoms with Gasteiger partial charge in [0.15, 0.2) is 0 Å². The first-order valence-electron chi connectivity index (χ1n) is 7.19. The van der Waals surface area contributed by atoms with Crippen molar-refractivity contribution in [1.29, 1.82) is 0 Å². The fourth-order valence-corrected chi connectivity index (χ4v) is 2.00. The van der Waals surface area contributed by atoms with Crippen LogP contribution in [0.2, 0.25) is 0 Å². The molecule has 1 atom stereocenters. The number of furan rings is 1. The molecule has 2 aromatic heterocycles. The molecule has 0 fully saturated rings. The fourth-order valence-electron chi connectivity index (χ4n) is 2.00. The molecule has 5 heteroatoms. The summed E-state index contributed by atoms with van der Waals surface area (Å²) < 4.78 is 10.8. The van der Waals surface area contributed by atoms with Crippen molar-refractivity contribution >= 4 is 12.0 Å². The number of hydrogen-bond donors (Lipinski definition) is 1. The second kappa shape index (κ2) is 8.14. The Kier molecular flexibility index (Phi) is 5.91. The van der Waals surface area contributed by atoms with E-state index in [1.807, 2.05) is 31.2 Å². The summed E-state index contributed by atoms with van der Waals surface area (Å²) in [4.78, 5) is 16.0.